The van der Waals surface area contributed by atoms with Gasteiger partial charge in [0, 0.05) is 36.9 Å². The van der Waals surface area contributed by atoms with Gasteiger partial charge in [0.2, 0.25) is 5.88 Å². The number of hydrogen-bond acceptors (Lipinski definition) is 4. The average Bonchev–Trinajstić information content (AvgIpc) is 3.18. The molecule has 3 aromatic carbocycles. The lowest BCUT2D eigenvalue weighted by Crippen LogP contribution is -2.33. The van der Waals surface area contributed by atoms with E-state index < -0.39 is 5.82 Å². The molecule has 4 rings (SSSR count). The number of aromatic nitrogens is 2. The summed E-state index contributed by atoms with van der Waals surface area (Å²) in [6.45, 7) is 0.873. The smallest absolute Gasteiger partial charge is 0.254 e. The first-order valence-electron chi connectivity index (χ1n) is 11.0. The van der Waals surface area contributed by atoms with E-state index in [0.717, 1.165) is 11.1 Å². The average molecular weight is 494 g/mol. The third-order valence-electron chi connectivity index (χ3n) is 5.46. The molecule has 35 heavy (non-hydrogen) atoms. The number of benzene rings is 3. The van der Waals surface area contributed by atoms with Crippen LogP contribution in [0.15, 0.2) is 78.9 Å². The van der Waals surface area contributed by atoms with Gasteiger partial charge in [-0.15, -0.1) is 0 Å². The number of halogens is 2. The van der Waals surface area contributed by atoms with Crippen molar-refractivity contribution < 1.29 is 18.7 Å². The lowest BCUT2D eigenvalue weighted by molar-refractivity contribution is 0.0679. The normalized spacial score (nSPS) is 10.9. The number of rotatable bonds is 9. The first-order valence-corrected chi connectivity index (χ1v) is 11.4. The van der Waals surface area contributed by atoms with Gasteiger partial charge in [0.1, 0.15) is 17.3 Å². The molecule has 8 heteroatoms. The van der Waals surface area contributed by atoms with Crippen LogP contribution in [-0.4, -0.2) is 40.8 Å². The zero-order chi connectivity index (χ0) is 24.8. The lowest BCUT2D eigenvalue weighted by Gasteiger charge is -2.23. The quantitative estimate of drug-likeness (QED) is 0.288. The first kappa shape index (κ1) is 24.4. The van der Waals surface area contributed by atoms with Crippen molar-refractivity contribution in [2.24, 2.45) is 7.05 Å². The Balaban J connectivity index is 1.75. The number of aryl methyl sites for hydroxylation is 1. The van der Waals surface area contributed by atoms with Crippen molar-refractivity contribution in [1.29, 1.82) is 0 Å². The van der Waals surface area contributed by atoms with Crippen LogP contribution in [0.3, 0.4) is 0 Å². The number of nitrogens with zero attached hydrogens (tertiary/aromatic N) is 3. The Hall–Kier alpha value is -3.68. The second kappa shape index (κ2) is 11.2. The zero-order valence-corrected chi connectivity index (χ0v) is 20.2. The maximum Gasteiger partial charge on any atom is 0.254 e. The van der Waals surface area contributed by atoms with Gasteiger partial charge in [0.25, 0.3) is 5.91 Å². The summed E-state index contributed by atoms with van der Waals surface area (Å²) in [4.78, 5) is 15.0. The molecule has 0 saturated carbocycles. The van der Waals surface area contributed by atoms with Crippen LogP contribution in [0.5, 0.6) is 11.6 Å². The molecule has 0 spiro atoms. The summed E-state index contributed by atoms with van der Waals surface area (Å²) in [6.07, 6.45) is 0. The van der Waals surface area contributed by atoms with Crippen LogP contribution >= 0.6 is 11.6 Å². The zero-order valence-electron chi connectivity index (χ0n) is 19.4. The number of ether oxygens (including phenoxy) is 2. The fourth-order valence-electron chi connectivity index (χ4n) is 3.68. The highest BCUT2D eigenvalue weighted by atomic mass is 35.5. The summed E-state index contributed by atoms with van der Waals surface area (Å²) in [5, 5.41) is 5.32. The molecule has 1 amide bonds. The van der Waals surface area contributed by atoms with Gasteiger partial charge in [-0.25, -0.2) is 9.07 Å². The van der Waals surface area contributed by atoms with Gasteiger partial charge in [-0.1, -0.05) is 41.9 Å². The van der Waals surface area contributed by atoms with Gasteiger partial charge in [0.05, 0.1) is 18.7 Å². The molecule has 180 valence electrons. The molecule has 0 saturated heterocycles. The lowest BCUT2D eigenvalue weighted by atomic mass is 10.1. The number of methoxy groups -OCH3 is 1. The van der Waals surface area contributed by atoms with E-state index in [1.807, 2.05) is 30.3 Å². The van der Waals surface area contributed by atoms with Crippen LogP contribution in [0.25, 0.3) is 11.3 Å². The Morgan fingerprint density at radius 1 is 1.03 bits per heavy atom. The monoisotopic (exact) mass is 493 g/mol. The summed E-state index contributed by atoms with van der Waals surface area (Å²) in [5.74, 6) is 0.441. The van der Waals surface area contributed by atoms with E-state index in [9.17, 15) is 9.18 Å². The standard InChI is InChI=1S/C27H25ClFN3O3/c1-31-27(35-23-14-10-21(28)11-15-23)24(25(30-31)19-6-4-3-5-7-19)18-32(16-17-34-2)26(33)20-8-12-22(29)13-9-20/h3-15H,16-18H2,1-2H3. The Morgan fingerprint density at radius 3 is 2.37 bits per heavy atom. The second-order valence-corrected chi connectivity index (χ2v) is 8.34. The maximum absolute atomic E-state index is 13.4. The second-order valence-electron chi connectivity index (χ2n) is 7.90. The van der Waals surface area contributed by atoms with E-state index in [1.165, 1.54) is 24.3 Å². The Bertz CT molecular complexity index is 1280. The maximum atomic E-state index is 13.4. The van der Waals surface area contributed by atoms with E-state index in [4.69, 9.17) is 26.2 Å². The molecule has 0 aliphatic heterocycles. The first-order chi connectivity index (χ1) is 17.0. The highest BCUT2D eigenvalue weighted by Crippen LogP contribution is 2.34. The fraction of sp³-hybridized carbons (Fsp3) is 0.185. The topological polar surface area (TPSA) is 56.6 Å². The van der Waals surface area contributed by atoms with Crippen molar-refractivity contribution in [3.63, 3.8) is 0 Å². The van der Waals surface area contributed by atoms with Crippen molar-refractivity contribution in [3.8, 4) is 22.9 Å². The molecule has 0 fully saturated rings. The Morgan fingerprint density at radius 2 is 1.71 bits per heavy atom. The van der Waals surface area contributed by atoms with Crippen LogP contribution in [0, 0.1) is 5.82 Å². The highest BCUT2D eigenvalue weighted by Gasteiger charge is 2.25. The summed E-state index contributed by atoms with van der Waals surface area (Å²) in [5.41, 5.74) is 2.71. The molecular weight excluding hydrogens is 469 g/mol. The molecule has 0 aliphatic carbocycles. The van der Waals surface area contributed by atoms with Crippen molar-refractivity contribution in [2.45, 2.75) is 6.54 Å². The van der Waals surface area contributed by atoms with Gasteiger partial charge < -0.3 is 14.4 Å². The predicted octanol–water partition coefficient (Wildman–Crippen LogP) is 5.96. The van der Waals surface area contributed by atoms with Crippen molar-refractivity contribution in [2.75, 3.05) is 20.3 Å². The molecular formula is C27H25ClFN3O3. The molecule has 0 bridgehead atoms. The van der Waals surface area contributed by atoms with E-state index in [0.29, 0.717) is 41.1 Å². The summed E-state index contributed by atoms with van der Waals surface area (Å²) >= 11 is 6.03. The summed E-state index contributed by atoms with van der Waals surface area (Å²) < 4.78 is 26.6. The number of carbonyl (C=O) groups excluding carboxylic acids is 1. The molecule has 0 atom stereocenters. The SMILES string of the molecule is COCCN(Cc1c(-c2ccccc2)nn(C)c1Oc1ccc(Cl)cc1)C(=O)c1ccc(F)cc1. The van der Waals surface area contributed by atoms with Gasteiger partial charge >= 0.3 is 0 Å². The van der Waals surface area contributed by atoms with E-state index in [2.05, 4.69) is 0 Å². The van der Waals surface area contributed by atoms with Gasteiger partial charge in [-0.2, -0.15) is 5.10 Å². The third-order valence-corrected chi connectivity index (χ3v) is 5.71. The number of amides is 1. The molecule has 1 aromatic heterocycles. The van der Waals surface area contributed by atoms with Gasteiger partial charge in [0.15, 0.2) is 0 Å². The van der Waals surface area contributed by atoms with Gasteiger partial charge in [-0.3, -0.25) is 4.79 Å². The molecule has 1 heterocycles. The van der Waals surface area contributed by atoms with Crippen LogP contribution < -0.4 is 4.74 Å². The van der Waals surface area contributed by atoms with E-state index >= 15 is 0 Å². The van der Waals surface area contributed by atoms with Crippen LogP contribution in [0.1, 0.15) is 15.9 Å². The van der Waals surface area contributed by atoms with Crippen molar-refractivity contribution in [3.05, 3.63) is 101 Å². The van der Waals surface area contributed by atoms with Crippen LogP contribution in [0.2, 0.25) is 5.02 Å². The Kier molecular flexibility index (Phi) is 7.80. The van der Waals surface area contributed by atoms with Crippen LogP contribution in [0.4, 0.5) is 4.39 Å². The van der Waals surface area contributed by atoms with Gasteiger partial charge in [-0.05, 0) is 48.5 Å². The van der Waals surface area contributed by atoms with Crippen molar-refractivity contribution >= 4 is 17.5 Å². The summed E-state index contributed by atoms with van der Waals surface area (Å²) in [7, 11) is 3.37. The molecule has 0 unspecified atom stereocenters. The number of carbonyl (C=O) groups is 1. The minimum atomic E-state index is -0.401. The molecule has 0 aliphatic rings. The third kappa shape index (κ3) is 5.88. The number of hydrogen-bond donors (Lipinski definition) is 0. The van der Waals surface area contributed by atoms with E-state index in [-0.39, 0.29) is 12.5 Å². The predicted molar refractivity (Wildman–Crippen MR) is 133 cm³/mol. The minimum absolute atomic E-state index is 0.209. The fourth-order valence-corrected chi connectivity index (χ4v) is 3.81. The Labute approximate surface area is 208 Å². The summed E-state index contributed by atoms with van der Waals surface area (Å²) in [6, 6.07) is 22.2. The van der Waals surface area contributed by atoms with Crippen molar-refractivity contribution in [1.82, 2.24) is 14.7 Å². The molecule has 6 nitrogen and oxygen atoms in total. The molecule has 0 radical (unpaired) electrons. The minimum Gasteiger partial charge on any atom is -0.439 e. The van der Waals surface area contributed by atoms with Crippen LogP contribution in [-0.2, 0) is 18.3 Å². The largest absolute Gasteiger partial charge is 0.439 e. The molecule has 0 N–H and O–H groups in total. The highest BCUT2D eigenvalue weighted by molar-refractivity contribution is 6.30. The molecule has 4 aromatic rings. The van der Waals surface area contributed by atoms with E-state index in [1.54, 1.807) is 48.0 Å².